The molecule has 1 heterocycles. The van der Waals surface area contributed by atoms with E-state index in [0.717, 1.165) is 27.2 Å². The molecule has 2 aromatic rings. The van der Waals surface area contributed by atoms with Gasteiger partial charge in [0.05, 0.1) is 11.5 Å². The van der Waals surface area contributed by atoms with Crippen LogP contribution in [-0.2, 0) is 24.2 Å². The maximum Gasteiger partial charge on any atom is 0.407 e. The van der Waals surface area contributed by atoms with Gasteiger partial charge in [-0.25, -0.2) is 13.2 Å². The first-order valence-corrected chi connectivity index (χ1v) is 13.4. The summed E-state index contributed by atoms with van der Waals surface area (Å²) in [6, 6.07) is 14.1. The lowest BCUT2D eigenvalue weighted by Crippen LogP contribution is -2.53. The van der Waals surface area contributed by atoms with Crippen molar-refractivity contribution in [1.29, 1.82) is 0 Å². The molecule has 2 aliphatic rings. The lowest BCUT2D eigenvalue weighted by Gasteiger charge is -2.30. The second-order valence-electron chi connectivity index (χ2n) is 8.85. The van der Waals surface area contributed by atoms with Gasteiger partial charge in [-0.1, -0.05) is 55.5 Å². The number of benzene rings is 2. The Morgan fingerprint density at radius 3 is 2.20 bits per heavy atom. The summed E-state index contributed by atoms with van der Waals surface area (Å²) in [6.07, 6.45) is -0.428. The number of carbonyl (C=O) groups is 3. The number of alkyl carbamates (subject to hydrolysis) is 1. The second-order valence-corrected chi connectivity index (χ2v) is 11.1. The number of nitrogens with one attached hydrogen (secondary N) is 1. The van der Waals surface area contributed by atoms with Gasteiger partial charge >= 0.3 is 12.1 Å². The third-order valence-electron chi connectivity index (χ3n) is 6.58. The number of sulfone groups is 1. The number of hydrogen-bond acceptors (Lipinski definition) is 6. The first kappa shape index (κ1) is 24.7. The fourth-order valence-electron chi connectivity index (χ4n) is 4.87. The minimum absolute atomic E-state index is 0.0736. The zero-order chi connectivity index (χ0) is 25.2. The molecule has 0 radical (unpaired) electrons. The van der Waals surface area contributed by atoms with Gasteiger partial charge in [-0.05, 0) is 35.1 Å². The molecule has 2 N–H and O–H groups in total. The zero-order valence-electron chi connectivity index (χ0n) is 19.3. The van der Waals surface area contributed by atoms with E-state index < -0.39 is 46.4 Å². The molecule has 0 spiro atoms. The number of nitrogens with zero attached hydrogens (tertiary/aromatic N) is 1. The van der Waals surface area contributed by atoms with E-state index in [1.54, 1.807) is 6.92 Å². The van der Waals surface area contributed by atoms with Gasteiger partial charge in [-0.3, -0.25) is 9.59 Å². The lowest BCUT2D eigenvalue weighted by atomic mass is 9.98. The van der Waals surface area contributed by atoms with Crippen molar-refractivity contribution in [1.82, 2.24) is 10.2 Å². The van der Waals surface area contributed by atoms with Crippen LogP contribution < -0.4 is 5.32 Å². The van der Waals surface area contributed by atoms with Gasteiger partial charge in [0.1, 0.15) is 19.2 Å². The minimum atomic E-state index is -3.33. The number of rotatable bonds is 8. The molecule has 1 saturated heterocycles. The van der Waals surface area contributed by atoms with Crippen molar-refractivity contribution in [2.24, 2.45) is 0 Å². The summed E-state index contributed by atoms with van der Waals surface area (Å²) < 4.78 is 29.3. The number of aliphatic carboxylic acids is 1. The fourth-order valence-corrected chi connectivity index (χ4v) is 6.61. The van der Waals surface area contributed by atoms with Crippen molar-refractivity contribution >= 4 is 27.8 Å². The Hall–Kier alpha value is -3.40. The fraction of sp³-hybridized carbons (Fsp3) is 0.400. The van der Waals surface area contributed by atoms with Crippen molar-refractivity contribution in [2.45, 2.75) is 37.8 Å². The molecule has 35 heavy (non-hydrogen) atoms. The van der Waals surface area contributed by atoms with E-state index in [1.165, 1.54) is 0 Å². The van der Waals surface area contributed by atoms with Crippen molar-refractivity contribution in [3.63, 3.8) is 0 Å². The van der Waals surface area contributed by atoms with Gasteiger partial charge in [0.25, 0.3) is 0 Å². The van der Waals surface area contributed by atoms with Crippen molar-refractivity contribution in [3.8, 4) is 11.1 Å². The highest BCUT2D eigenvalue weighted by Crippen LogP contribution is 2.44. The summed E-state index contributed by atoms with van der Waals surface area (Å²) in [7, 11) is -3.33. The normalized spacial score (nSPS) is 18.8. The highest BCUT2D eigenvalue weighted by molar-refractivity contribution is 7.91. The Morgan fingerprint density at radius 2 is 1.69 bits per heavy atom. The molecule has 186 valence electrons. The number of carboxylic acids is 1. The first-order valence-electron chi connectivity index (χ1n) is 11.5. The molecule has 0 aromatic heterocycles. The third-order valence-corrected chi connectivity index (χ3v) is 8.33. The predicted molar refractivity (Wildman–Crippen MR) is 129 cm³/mol. The summed E-state index contributed by atoms with van der Waals surface area (Å²) in [5, 5.41) is 11.8. The SMILES string of the molecule is CC[C@H](NC(=O)OCC1c2ccccc2-c2ccccc21)C(=O)N(CC(=O)O)C1CCS(=O)(=O)C1. The molecule has 2 aromatic carbocycles. The van der Waals surface area contributed by atoms with Gasteiger partial charge in [0.2, 0.25) is 5.91 Å². The van der Waals surface area contributed by atoms with Gasteiger partial charge in [-0.15, -0.1) is 0 Å². The quantitative estimate of drug-likeness (QED) is 0.569. The van der Waals surface area contributed by atoms with Gasteiger partial charge < -0.3 is 20.1 Å². The van der Waals surface area contributed by atoms with E-state index in [9.17, 15) is 27.9 Å². The molecule has 1 fully saturated rings. The van der Waals surface area contributed by atoms with Crippen LogP contribution in [0.3, 0.4) is 0 Å². The van der Waals surface area contributed by atoms with Crippen LogP contribution in [0.2, 0.25) is 0 Å². The molecule has 1 aliphatic carbocycles. The van der Waals surface area contributed by atoms with Crippen molar-refractivity contribution in [3.05, 3.63) is 59.7 Å². The molecule has 0 saturated carbocycles. The van der Waals surface area contributed by atoms with Crippen molar-refractivity contribution in [2.75, 3.05) is 24.7 Å². The number of hydrogen-bond donors (Lipinski definition) is 2. The van der Waals surface area contributed by atoms with Crippen LogP contribution in [0.15, 0.2) is 48.5 Å². The maximum atomic E-state index is 13.1. The van der Waals surface area contributed by atoms with Gasteiger partial charge in [-0.2, -0.15) is 0 Å². The number of carbonyl (C=O) groups excluding carboxylic acids is 2. The first-order chi connectivity index (χ1) is 16.7. The molecule has 4 rings (SSSR count). The third kappa shape index (κ3) is 5.32. The van der Waals surface area contributed by atoms with Gasteiger partial charge in [0.15, 0.2) is 9.84 Å². The van der Waals surface area contributed by atoms with Crippen LogP contribution in [0.25, 0.3) is 11.1 Å². The smallest absolute Gasteiger partial charge is 0.407 e. The standard InChI is InChI=1S/C25H28N2O7S/c1-2-22(24(30)27(13-23(28)29)16-11-12-35(32,33)15-16)26-25(31)34-14-21-19-9-5-3-7-17(19)18-8-4-6-10-20(18)21/h3-10,16,21-22H,2,11-15H2,1H3,(H,26,31)(H,28,29)/t16?,22-/m0/s1. The zero-order valence-corrected chi connectivity index (χ0v) is 20.2. The second kappa shape index (κ2) is 10.1. The molecule has 9 nitrogen and oxygen atoms in total. The van der Waals surface area contributed by atoms with E-state index >= 15 is 0 Å². The Labute approximate surface area is 204 Å². The van der Waals surface area contributed by atoms with Crippen LogP contribution >= 0.6 is 0 Å². The molecular formula is C25H28N2O7S. The lowest BCUT2D eigenvalue weighted by molar-refractivity contribution is -0.146. The number of fused-ring (bicyclic) bond motifs is 3. The minimum Gasteiger partial charge on any atom is -0.480 e. The Balaban J connectivity index is 1.43. The Kier molecular flexibility index (Phi) is 7.11. The average Bonchev–Trinajstić information content (AvgIpc) is 3.36. The van der Waals surface area contributed by atoms with Crippen LogP contribution in [0.5, 0.6) is 0 Å². The molecule has 1 aliphatic heterocycles. The summed E-state index contributed by atoms with van der Waals surface area (Å²) in [6.45, 7) is 1.11. The van der Waals surface area contributed by atoms with E-state index in [2.05, 4.69) is 5.32 Å². The molecule has 1 unspecified atom stereocenters. The largest absolute Gasteiger partial charge is 0.480 e. The Bertz CT molecular complexity index is 1200. The van der Waals surface area contributed by atoms with Crippen LogP contribution in [0.1, 0.15) is 36.8 Å². The summed E-state index contributed by atoms with van der Waals surface area (Å²) in [4.78, 5) is 38.2. The number of ether oxygens (including phenoxy) is 1. The van der Waals surface area contributed by atoms with E-state index in [0.29, 0.717) is 0 Å². The van der Waals surface area contributed by atoms with Crippen molar-refractivity contribution < 1.29 is 32.6 Å². The van der Waals surface area contributed by atoms with Crippen LogP contribution in [0, 0.1) is 0 Å². The predicted octanol–water partition coefficient (Wildman–Crippen LogP) is 2.40. The number of amides is 2. The van der Waals surface area contributed by atoms with Crippen LogP contribution in [0.4, 0.5) is 4.79 Å². The number of carboxylic acid groups (broad SMARTS) is 1. The van der Waals surface area contributed by atoms with Crippen LogP contribution in [-0.4, -0.2) is 73.1 Å². The molecular weight excluding hydrogens is 472 g/mol. The summed E-state index contributed by atoms with van der Waals surface area (Å²) in [5.74, 6) is -2.41. The Morgan fingerprint density at radius 1 is 1.09 bits per heavy atom. The van der Waals surface area contributed by atoms with E-state index in [1.807, 2.05) is 48.5 Å². The summed E-state index contributed by atoms with van der Waals surface area (Å²) >= 11 is 0. The molecule has 10 heteroatoms. The van der Waals surface area contributed by atoms with E-state index in [4.69, 9.17) is 4.74 Å². The average molecular weight is 501 g/mol. The van der Waals surface area contributed by atoms with E-state index in [-0.39, 0.29) is 36.9 Å². The molecule has 0 bridgehead atoms. The maximum absolute atomic E-state index is 13.1. The van der Waals surface area contributed by atoms with Gasteiger partial charge in [0, 0.05) is 12.0 Å². The molecule has 2 atom stereocenters. The monoisotopic (exact) mass is 500 g/mol. The summed E-state index contributed by atoms with van der Waals surface area (Å²) in [5.41, 5.74) is 4.29. The molecule has 2 amide bonds. The highest BCUT2D eigenvalue weighted by atomic mass is 32.2. The highest BCUT2D eigenvalue weighted by Gasteiger charge is 2.38. The topological polar surface area (TPSA) is 130 Å².